The number of nitrogens with zero attached hydrogens (tertiary/aromatic N) is 1. The summed E-state index contributed by atoms with van der Waals surface area (Å²) in [5.74, 6) is -1.10. The molecule has 2 aromatic carbocycles. The third kappa shape index (κ3) is 9.48. The third-order valence-corrected chi connectivity index (χ3v) is 7.68. The quantitative estimate of drug-likeness (QED) is 0.0911. The van der Waals surface area contributed by atoms with Crippen LogP contribution in [0, 0.1) is 11.8 Å². The number of aliphatic hydroxyl groups is 4. The number of likely N-dealkylation sites (N-methyl/N-ethyl adjacent to an activating group) is 1. The van der Waals surface area contributed by atoms with Crippen molar-refractivity contribution in [2.24, 2.45) is 11.8 Å². The first-order valence-electron chi connectivity index (χ1n) is 14.0. The van der Waals surface area contributed by atoms with Gasteiger partial charge in [-0.05, 0) is 61.3 Å². The van der Waals surface area contributed by atoms with Crippen molar-refractivity contribution in [3.63, 3.8) is 0 Å². The number of rotatable bonds is 14. The van der Waals surface area contributed by atoms with Crippen molar-refractivity contribution < 1.29 is 35.4 Å². The highest BCUT2D eigenvalue weighted by atomic mass is 16.3. The maximum atomic E-state index is 12.5. The maximum Gasteiger partial charge on any atom is 0.224 e. The molecular weight excluding hydrogens is 510 g/mol. The molecule has 8 nitrogen and oxygen atoms in total. The van der Waals surface area contributed by atoms with E-state index in [1.807, 2.05) is 48.6 Å². The van der Waals surface area contributed by atoms with Crippen LogP contribution in [0.1, 0.15) is 49.7 Å². The van der Waals surface area contributed by atoms with E-state index in [9.17, 15) is 35.4 Å². The Morgan fingerprint density at radius 1 is 1.00 bits per heavy atom. The van der Waals surface area contributed by atoms with E-state index in [-0.39, 0.29) is 42.1 Å². The number of carbonyl (C=O) groups is 1. The van der Waals surface area contributed by atoms with Gasteiger partial charge in [-0.25, -0.2) is 0 Å². The van der Waals surface area contributed by atoms with Crippen LogP contribution in [0.5, 0.6) is 11.5 Å². The molecule has 0 spiro atoms. The lowest BCUT2D eigenvalue weighted by atomic mass is 9.89. The van der Waals surface area contributed by atoms with Gasteiger partial charge in [0.1, 0.15) is 6.23 Å². The molecule has 2 aromatic rings. The number of aromatic hydroxyl groups is 2. The normalized spacial score (nSPS) is 22.6. The summed E-state index contributed by atoms with van der Waals surface area (Å²) >= 11 is 0. The number of aliphatic hydroxyl groups excluding tert-OH is 4. The number of hydrogen-bond donors (Lipinski definition) is 6. The van der Waals surface area contributed by atoms with Gasteiger partial charge in [0.25, 0.3) is 0 Å². The largest absolute Gasteiger partial charge is 0.504 e. The minimum absolute atomic E-state index is 0.130. The van der Waals surface area contributed by atoms with Crippen LogP contribution in [0.4, 0.5) is 0 Å². The Kier molecular flexibility index (Phi) is 12.2. The van der Waals surface area contributed by atoms with Crippen LogP contribution in [0.3, 0.4) is 0 Å². The summed E-state index contributed by atoms with van der Waals surface area (Å²) in [7, 11) is 1.53. The Morgan fingerprint density at radius 2 is 1.75 bits per heavy atom. The van der Waals surface area contributed by atoms with Gasteiger partial charge >= 0.3 is 0 Å². The third-order valence-electron chi connectivity index (χ3n) is 7.68. The average Bonchev–Trinajstić information content (AvgIpc) is 3.21. The topological polar surface area (TPSA) is 142 Å². The monoisotopic (exact) mass is 553 g/mol. The van der Waals surface area contributed by atoms with Crippen LogP contribution >= 0.6 is 0 Å². The molecule has 3 rings (SSSR count). The van der Waals surface area contributed by atoms with Gasteiger partial charge in [-0.1, -0.05) is 60.7 Å². The highest BCUT2D eigenvalue weighted by Gasteiger charge is 2.39. The summed E-state index contributed by atoms with van der Waals surface area (Å²) in [5.41, 5.74) is 1.76. The lowest BCUT2D eigenvalue weighted by Gasteiger charge is -2.24. The molecule has 1 fully saturated rings. The second kappa shape index (κ2) is 15.6. The molecule has 1 amide bonds. The molecule has 1 saturated carbocycles. The Morgan fingerprint density at radius 3 is 2.48 bits per heavy atom. The van der Waals surface area contributed by atoms with Crippen molar-refractivity contribution in [3.8, 4) is 11.5 Å². The van der Waals surface area contributed by atoms with Gasteiger partial charge in [-0.15, -0.1) is 0 Å². The summed E-state index contributed by atoms with van der Waals surface area (Å²) in [6.45, 7) is 0. The van der Waals surface area contributed by atoms with Crippen molar-refractivity contribution in [1.29, 1.82) is 0 Å². The second-order valence-electron chi connectivity index (χ2n) is 10.7. The predicted octanol–water partition coefficient (Wildman–Crippen LogP) is 3.44. The number of allylic oxidation sites excluding steroid dienone is 2. The SMILES string of the molecule is CN(C(=O)CCCC=CC[C@@H]1[C@@H](C=C[C@@H](O)CCc2ccccc2)[C@H](O)C[C@@H]1O)C(O)Cc1ccc(O)c(O)c1. The molecule has 8 heteroatoms. The Labute approximate surface area is 236 Å². The zero-order chi connectivity index (χ0) is 29.1. The Hall–Kier alpha value is -3.17. The Balaban J connectivity index is 1.39. The molecule has 1 aliphatic carbocycles. The number of phenolic OH excluding ortho intramolecular Hbond substituents is 2. The number of hydrogen-bond acceptors (Lipinski definition) is 7. The van der Waals surface area contributed by atoms with E-state index in [0.717, 1.165) is 12.0 Å². The van der Waals surface area contributed by atoms with Gasteiger partial charge in [0, 0.05) is 32.2 Å². The molecule has 218 valence electrons. The summed E-state index contributed by atoms with van der Waals surface area (Å²) in [6, 6.07) is 14.2. The molecule has 40 heavy (non-hydrogen) atoms. The van der Waals surface area contributed by atoms with Crippen molar-refractivity contribution in [2.75, 3.05) is 7.05 Å². The van der Waals surface area contributed by atoms with Crippen molar-refractivity contribution in [3.05, 3.63) is 84.0 Å². The standard InChI is InChI=1S/C32H43NO7/c1-33(32(40)20-23-14-18-27(35)30(38)19-23)31(39)12-8-3-2-7-11-25-26(29(37)21-28(25)36)17-16-24(34)15-13-22-9-5-4-6-10-22/h2,4-7,9-10,14,16-19,24-26,28-29,32,34-38,40H,3,8,11-13,15,20-21H2,1H3/t24-,25+,26+,28-,29+,32?/m0/s1. The fraction of sp³-hybridized carbons (Fsp3) is 0.469. The molecule has 0 aliphatic heterocycles. The molecule has 1 unspecified atom stereocenters. The van der Waals surface area contributed by atoms with Crippen LogP contribution in [0.15, 0.2) is 72.8 Å². The summed E-state index contributed by atoms with van der Waals surface area (Å²) in [6.07, 6.45) is 8.43. The second-order valence-corrected chi connectivity index (χ2v) is 10.7. The zero-order valence-corrected chi connectivity index (χ0v) is 23.1. The molecule has 0 heterocycles. The van der Waals surface area contributed by atoms with Crippen molar-refractivity contribution in [1.82, 2.24) is 4.90 Å². The van der Waals surface area contributed by atoms with Crippen LogP contribution in [-0.2, 0) is 17.6 Å². The summed E-state index contributed by atoms with van der Waals surface area (Å²) in [5, 5.41) is 60.7. The number of benzene rings is 2. The fourth-order valence-corrected chi connectivity index (χ4v) is 5.15. The highest BCUT2D eigenvalue weighted by Crippen LogP contribution is 2.36. The first kappa shape index (κ1) is 31.4. The van der Waals surface area contributed by atoms with E-state index in [4.69, 9.17) is 0 Å². The van der Waals surface area contributed by atoms with E-state index >= 15 is 0 Å². The molecule has 6 N–H and O–H groups in total. The number of phenols is 2. The van der Waals surface area contributed by atoms with Gasteiger partial charge < -0.3 is 35.5 Å². The van der Waals surface area contributed by atoms with E-state index in [2.05, 4.69) is 0 Å². The van der Waals surface area contributed by atoms with Gasteiger partial charge in [0.2, 0.25) is 5.91 Å². The number of unbranched alkanes of at least 4 members (excludes halogenated alkanes) is 1. The average molecular weight is 554 g/mol. The molecule has 0 radical (unpaired) electrons. The van der Waals surface area contributed by atoms with Crippen LogP contribution in [-0.4, -0.2) is 73.0 Å². The predicted molar refractivity (Wildman–Crippen MR) is 153 cm³/mol. The molecule has 6 atom stereocenters. The van der Waals surface area contributed by atoms with Gasteiger partial charge in [0.15, 0.2) is 11.5 Å². The number of aryl methyl sites for hydroxylation is 1. The van der Waals surface area contributed by atoms with Crippen LogP contribution in [0.2, 0.25) is 0 Å². The fourth-order valence-electron chi connectivity index (χ4n) is 5.15. The van der Waals surface area contributed by atoms with Gasteiger partial charge in [0.05, 0.1) is 18.3 Å². The van der Waals surface area contributed by atoms with Crippen molar-refractivity contribution >= 4 is 5.91 Å². The first-order chi connectivity index (χ1) is 19.2. The van der Waals surface area contributed by atoms with Crippen molar-refractivity contribution in [2.45, 2.75) is 75.9 Å². The van der Waals surface area contributed by atoms with Gasteiger partial charge in [-0.3, -0.25) is 4.79 Å². The number of carbonyl (C=O) groups excluding carboxylic acids is 1. The maximum absolute atomic E-state index is 12.5. The molecule has 0 saturated heterocycles. The minimum Gasteiger partial charge on any atom is -0.504 e. The van der Waals surface area contributed by atoms with E-state index in [1.165, 1.54) is 24.1 Å². The van der Waals surface area contributed by atoms with Crippen LogP contribution < -0.4 is 0 Å². The first-order valence-corrected chi connectivity index (χ1v) is 14.0. The lowest BCUT2D eigenvalue weighted by Crippen LogP contribution is -2.38. The number of amides is 1. The summed E-state index contributed by atoms with van der Waals surface area (Å²) < 4.78 is 0. The van der Waals surface area contributed by atoms with E-state index < -0.39 is 24.5 Å². The van der Waals surface area contributed by atoms with Crippen LogP contribution in [0.25, 0.3) is 0 Å². The molecule has 0 aromatic heterocycles. The smallest absolute Gasteiger partial charge is 0.224 e. The Bertz CT molecular complexity index is 1120. The lowest BCUT2D eigenvalue weighted by molar-refractivity contribution is -0.138. The van der Waals surface area contributed by atoms with E-state index in [0.29, 0.717) is 37.7 Å². The minimum atomic E-state index is -1.05. The summed E-state index contributed by atoms with van der Waals surface area (Å²) in [4.78, 5) is 13.8. The van der Waals surface area contributed by atoms with E-state index in [1.54, 1.807) is 12.1 Å². The molecular formula is C32H43NO7. The zero-order valence-electron chi connectivity index (χ0n) is 23.1. The molecule has 1 aliphatic rings. The van der Waals surface area contributed by atoms with Gasteiger partial charge in [-0.2, -0.15) is 0 Å². The highest BCUT2D eigenvalue weighted by molar-refractivity contribution is 5.76. The molecule has 0 bridgehead atoms.